The molecule has 0 atom stereocenters. The lowest BCUT2D eigenvalue weighted by Crippen LogP contribution is -2.32. The molecule has 0 spiro atoms. The zero-order valence-corrected chi connectivity index (χ0v) is 19.9. The van der Waals surface area contributed by atoms with Gasteiger partial charge in [-0.1, -0.05) is 6.92 Å². The summed E-state index contributed by atoms with van der Waals surface area (Å²) in [7, 11) is -3.13. The second kappa shape index (κ2) is 10.2. The Kier molecular flexibility index (Phi) is 8.31. The van der Waals surface area contributed by atoms with Crippen molar-refractivity contribution in [1.29, 1.82) is 0 Å². The lowest BCUT2D eigenvalue weighted by molar-refractivity contribution is -0.287. The van der Waals surface area contributed by atoms with Gasteiger partial charge in [0.05, 0.1) is 23.9 Å². The third kappa shape index (κ3) is 6.74. The fourth-order valence-electron chi connectivity index (χ4n) is 2.54. The highest BCUT2D eigenvalue weighted by molar-refractivity contribution is 7.91. The summed E-state index contributed by atoms with van der Waals surface area (Å²) in [5, 5.41) is 2.47. The van der Waals surface area contributed by atoms with Gasteiger partial charge in [0.1, 0.15) is 21.3 Å². The summed E-state index contributed by atoms with van der Waals surface area (Å²) in [5.41, 5.74) is -0.339. The van der Waals surface area contributed by atoms with Crippen LogP contribution in [0, 0.1) is 0 Å². The molecule has 0 aliphatic rings. The number of anilines is 1. The van der Waals surface area contributed by atoms with Crippen LogP contribution in [0.4, 0.5) is 36.6 Å². The number of esters is 1. The second-order valence-electron chi connectivity index (χ2n) is 7.16. The first-order chi connectivity index (χ1) is 15.9. The number of carbonyl (C=O) groups excluding carboxylic acids is 1. The van der Waals surface area contributed by atoms with Crippen molar-refractivity contribution < 1.29 is 53.4 Å². The number of ether oxygens (including phenoxy) is 2. The van der Waals surface area contributed by atoms with Crippen LogP contribution in [0.2, 0.25) is 0 Å². The smallest absolute Gasteiger partial charge is 0.458 e. The fraction of sp³-hybridized carbons (Fsp3) is 0.474. The number of hydrogen-bond acceptors (Lipinski definition) is 8. The SMILES string of the molecule is CCS(=O)(=O)c1cc(OCC(C)(F)F)cnc1NCc1cc(C(F)(F)C(F)(F)F)sc1C(=O)OC. The van der Waals surface area contributed by atoms with Gasteiger partial charge in [0, 0.05) is 19.5 Å². The number of hydrogen-bond donors (Lipinski definition) is 1. The van der Waals surface area contributed by atoms with Crippen LogP contribution in [-0.2, 0) is 27.0 Å². The Balaban J connectivity index is 2.44. The predicted molar refractivity (Wildman–Crippen MR) is 111 cm³/mol. The quantitative estimate of drug-likeness (QED) is 0.327. The van der Waals surface area contributed by atoms with Gasteiger partial charge < -0.3 is 14.8 Å². The summed E-state index contributed by atoms with van der Waals surface area (Å²) in [4.78, 5) is 13.2. The third-order valence-corrected chi connectivity index (χ3v) is 7.30. The minimum Gasteiger partial charge on any atom is -0.486 e. The molecule has 0 radical (unpaired) electrons. The molecule has 0 bridgehead atoms. The minimum atomic E-state index is -5.93. The molecule has 2 rings (SSSR count). The maximum atomic E-state index is 13.8. The molecule has 0 aromatic carbocycles. The van der Waals surface area contributed by atoms with E-state index in [0.29, 0.717) is 13.0 Å². The van der Waals surface area contributed by atoms with Gasteiger partial charge in [-0.05, 0) is 11.6 Å². The van der Waals surface area contributed by atoms with E-state index < -0.39 is 67.4 Å². The molecule has 2 aromatic heterocycles. The number of aromatic nitrogens is 1. The van der Waals surface area contributed by atoms with E-state index in [2.05, 4.69) is 15.0 Å². The van der Waals surface area contributed by atoms with E-state index in [1.54, 1.807) is 0 Å². The number of carbonyl (C=O) groups is 1. The highest BCUT2D eigenvalue weighted by atomic mass is 32.2. The molecule has 2 heterocycles. The Bertz CT molecular complexity index is 1180. The summed E-state index contributed by atoms with van der Waals surface area (Å²) >= 11 is -0.128. The summed E-state index contributed by atoms with van der Waals surface area (Å²) in [5.74, 6) is -10.8. The molecule has 2 aromatic rings. The second-order valence-corrected chi connectivity index (χ2v) is 10.5. The summed E-state index contributed by atoms with van der Waals surface area (Å²) in [6.07, 6.45) is -5.01. The van der Waals surface area contributed by atoms with Crippen molar-refractivity contribution in [3.8, 4) is 5.75 Å². The number of sulfone groups is 1. The van der Waals surface area contributed by atoms with Crippen LogP contribution < -0.4 is 10.1 Å². The van der Waals surface area contributed by atoms with Gasteiger partial charge in [0.2, 0.25) is 0 Å². The van der Waals surface area contributed by atoms with Crippen molar-refractivity contribution in [1.82, 2.24) is 4.98 Å². The van der Waals surface area contributed by atoms with E-state index in [1.165, 1.54) is 6.92 Å². The van der Waals surface area contributed by atoms with Crippen molar-refractivity contribution in [2.75, 3.05) is 24.8 Å². The molecule has 16 heteroatoms. The summed E-state index contributed by atoms with van der Waals surface area (Å²) in [6.45, 7) is 0.199. The largest absolute Gasteiger partial charge is 0.486 e. The topological polar surface area (TPSA) is 94.6 Å². The van der Waals surface area contributed by atoms with Crippen LogP contribution in [0.3, 0.4) is 0 Å². The maximum Gasteiger partial charge on any atom is 0.458 e. The van der Waals surface area contributed by atoms with Gasteiger partial charge in [-0.3, -0.25) is 0 Å². The lowest BCUT2D eigenvalue weighted by Gasteiger charge is -2.17. The van der Waals surface area contributed by atoms with Gasteiger partial charge >= 0.3 is 18.1 Å². The van der Waals surface area contributed by atoms with Crippen molar-refractivity contribution in [3.63, 3.8) is 0 Å². The predicted octanol–water partition coefficient (Wildman–Crippen LogP) is 5.02. The minimum absolute atomic E-state index is 0.128. The van der Waals surface area contributed by atoms with E-state index >= 15 is 0 Å². The van der Waals surface area contributed by atoms with Crippen LogP contribution in [-0.4, -0.2) is 50.9 Å². The van der Waals surface area contributed by atoms with Crippen molar-refractivity contribution in [2.45, 2.75) is 43.3 Å². The van der Waals surface area contributed by atoms with Crippen LogP contribution in [0.15, 0.2) is 23.2 Å². The first-order valence-electron chi connectivity index (χ1n) is 9.56. The van der Waals surface area contributed by atoms with E-state index in [-0.39, 0.29) is 28.5 Å². The number of thiophene rings is 1. The average Bonchev–Trinajstić information content (AvgIpc) is 3.19. The first kappa shape index (κ1) is 28.6. The molecule has 0 amide bonds. The average molecular weight is 552 g/mol. The number of pyridine rings is 1. The molecule has 196 valence electrons. The Labute approximate surface area is 199 Å². The fourth-order valence-corrected chi connectivity index (χ4v) is 4.66. The maximum absolute atomic E-state index is 13.8. The van der Waals surface area contributed by atoms with Crippen LogP contribution >= 0.6 is 11.3 Å². The Morgan fingerprint density at radius 1 is 1.14 bits per heavy atom. The molecule has 0 fully saturated rings. The van der Waals surface area contributed by atoms with Crippen molar-refractivity contribution in [2.24, 2.45) is 0 Å². The van der Waals surface area contributed by atoms with Gasteiger partial charge in [0.25, 0.3) is 5.92 Å². The molecule has 0 aliphatic heterocycles. The number of alkyl halides is 7. The Hall–Kier alpha value is -2.62. The Morgan fingerprint density at radius 2 is 1.77 bits per heavy atom. The van der Waals surface area contributed by atoms with Gasteiger partial charge in [-0.15, -0.1) is 11.3 Å². The standard InChI is InChI=1S/C19H19F7N2O5S2/c1-4-35(30,31)12-6-11(33-9-17(2,20)21)8-28-15(12)27-7-10-5-13(18(22,23)19(24,25)26)34-14(10)16(29)32-3/h5-6,8H,4,7,9H2,1-3H3,(H,27,28). The van der Waals surface area contributed by atoms with Gasteiger partial charge in [-0.25, -0.2) is 27.0 Å². The van der Waals surface area contributed by atoms with Crippen molar-refractivity contribution in [3.05, 3.63) is 33.6 Å². The van der Waals surface area contributed by atoms with E-state index in [9.17, 15) is 43.9 Å². The Morgan fingerprint density at radius 3 is 2.29 bits per heavy atom. The molecule has 1 N–H and O–H groups in total. The molecule has 0 aliphatic carbocycles. The molecule has 0 saturated heterocycles. The monoisotopic (exact) mass is 552 g/mol. The lowest BCUT2D eigenvalue weighted by atomic mass is 10.2. The van der Waals surface area contributed by atoms with E-state index in [1.807, 2.05) is 0 Å². The number of halogens is 7. The van der Waals surface area contributed by atoms with Crippen LogP contribution in [0.1, 0.15) is 34.0 Å². The van der Waals surface area contributed by atoms with Crippen molar-refractivity contribution >= 4 is 33.0 Å². The zero-order valence-electron chi connectivity index (χ0n) is 18.3. The summed E-state index contributed by atoms with van der Waals surface area (Å²) in [6, 6.07) is 1.37. The third-order valence-electron chi connectivity index (χ3n) is 4.33. The molecular formula is C19H19F7N2O5S2. The molecular weight excluding hydrogens is 533 g/mol. The number of methoxy groups -OCH3 is 1. The summed E-state index contributed by atoms with van der Waals surface area (Å²) < 4.78 is 126. The van der Waals surface area contributed by atoms with Crippen LogP contribution in [0.5, 0.6) is 5.75 Å². The van der Waals surface area contributed by atoms with E-state index in [4.69, 9.17) is 4.74 Å². The molecule has 0 unspecified atom stereocenters. The highest BCUT2D eigenvalue weighted by Gasteiger charge is 2.60. The first-order valence-corrected chi connectivity index (χ1v) is 12.0. The number of nitrogens with zero attached hydrogens (tertiary/aromatic N) is 1. The van der Waals surface area contributed by atoms with Crippen LogP contribution in [0.25, 0.3) is 0 Å². The molecule has 7 nitrogen and oxygen atoms in total. The molecule has 0 saturated carbocycles. The molecule has 35 heavy (non-hydrogen) atoms. The number of rotatable bonds is 10. The highest BCUT2D eigenvalue weighted by Crippen LogP contribution is 2.47. The normalized spacial score (nSPS) is 13.0. The van der Waals surface area contributed by atoms with Gasteiger partial charge in [-0.2, -0.15) is 22.0 Å². The van der Waals surface area contributed by atoms with Gasteiger partial charge in [0.15, 0.2) is 16.4 Å². The zero-order chi connectivity index (χ0) is 26.8. The number of nitrogens with one attached hydrogen (secondary N) is 1. The van der Waals surface area contributed by atoms with E-state index in [0.717, 1.165) is 19.4 Å².